The smallest absolute Gasteiger partial charge is 0.229 e. The third-order valence-corrected chi connectivity index (χ3v) is 9.46. The highest BCUT2D eigenvalue weighted by Gasteiger charge is 2.40. The number of sulfonamides is 1. The van der Waals surface area contributed by atoms with Gasteiger partial charge < -0.3 is 14.4 Å². The Morgan fingerprint density at radius 1 is 1.19 bits per heavy atom. The molecule has 2 saturated heterocycles. The zero-order chi connectivity index (χ0) is 21.4. The van der Waals surface area contributed by atoms with Crippen molar-refractivity contribution in [1.29, 1.82) is 0 Å². The van der Waals surface area contributed by atoms with Crippen LogP contribution in [0, 0.1) is 5.92 Å². The predicted molar refractivity (Wildman–Crippen MR) is 118 cm³/mol. The molecule has 3 aromatic rings. The fourth-order valence-electron chi connectivity index (χ4n) is 4.62. The lowest BCUT2D eigenvalue weighted by Crippen LogP contribution is -2.50. The number of amides is 1. The first kappa shape index (κ1) is 20.7. The second kappa shape index (κ2) is 8.42. The van der Waals surface area contributed by atoms with Gasteiger partial charge in [-0.05, 0) is 49.3 Å². The van der Waals surface area contributed by atoms with E-state index in [2.05, 4.69) is 15.0 Å². The van der Waals surface area contributed by atoms with Crippen molar-refractivity contribution in [3.05, 3.63) is 41.7 Å². The standard InChI is InChI=1S/C21H25N5O3S2/c27-21(16-6-3-11-26(14-16)31(28,29)18-8-4-12-30-18)25-10-2-5-15(13-25)19-23-17-7-1-9-22-20(17)24-19/h1,4,7-9,12,15-16H,2-3,5-6,10-11,13-14H2,(H-,22,23,24,28,29). The SMILES string of the molecule is O=C(C1CCCN([S+](=O)([O-])c2cccs2)C1)N1CCCC(c2nc3ncccc3[nH]2)C1. The van der Waals surface area contributed by atoms with E-state index in [9.17, 15) is 13.6 Å². The minimum Gasteiger partial charge on any atom is -0.592 e. The van der Waals surface area contributed by atoms with Crippen LogP contribution in [0.2, 0.25) is 0 Å². The molecule has 0 aliphatic carbocycles. The van der Waals surface area contributed by atoms with Crippen LogP contribution in [0.15, 0.2) is 40.1 Å². The van der Waals surface area contributed by atoms with Gasteiger partial charge in [-0.2, -0.15) is 0 Å². The van der Waals surface area contributed by atoms with Gasteiger partial charge in [0.1, 0.15) is 5.82 Å². The van der Waals surface area contributed by atoms with E-state index < -0.39 is 10.4 Å². The van der Waals surface area contributed by atoms with E-state index in [1.165, 1.54) is 15.6 Å². The van der Waals surface area contributed by atoms with Crippen molar-refractivity contribution in [2.75, 3.05) is 26.2 Å². The zero-order valence-corrected chi connectivity index (χ0v) is 18.7. The van der Waals surface area contributed by atoms with E-state index in [0.29, 0.717) is 35.9 Å². The van der Waals surface area contributed by atoms with E-state index in [4.69, 9.17) is 0 Å². The number of fused-ring (bicyclic) bond motifs is 1. The number of aromatic amines is 1. The lowest BCUT2D eigenvalue weighted by molar-refractivity contribution is -0.138. The monoisotopic (exact) mass is 459 g/mol. The first-order valence-corrected chi connectivity index (χ1v) is 13.0. The molecular weight excluding hydrogens is 434 g/mol. The molecule has 31 heavy (non-hydrogen) atoms. The van der Waals surface area contributed by atoms with Crippen LogP contribution in [0.25, 0.3) is 11.2 Å². The van der Waals surface area contributed by atoms with Crippen LogP contribution in [0.5, 0.6) is 0 Å². The number of rotatable bonds is 4. The van der Waals surface area contributed by atoms with Gasteiger partial charge in [0.15, 0.2) is 16.0 Å². The van der Waals surface area contributed by atoms with E-state index in [-0.39, 0.29) is 24.3 Å². The van der Waals surface area contributed by atoms with Crippen LogP contribution >= 0.6 is 11.3 Å². The molecule has 1 N–H and O–H groups in total. The fraction of sp³-hybridized carbons (Fsp3) is 0.476. The Morgan fingerprint density at radius 3 is 2.87 bits per heavy atom. The second-order valence-electron chi connectivity index (χ2n) is 8.25. The third-order valence-electron chi connectivity index (χ3n) is 6.22. The molecule has 164 valence electrons. The molecule has 5 rings (SSSR count). The molecule has 0 spiro atoms. The number of carbonyl (C=O) groups excluding carboxylic acids is 1. The number of nitrogens with zero attached hydrogens (tertiary/aromatic N) is 4. The number of pyridine rings is 1. The van der Waals surface area contributed by atoms with Crippen LogP contribution in [0.1, 0.15) is 37.4 Å². The number of H-pyrrole nitrogens is 1. The lowest BCUT2D eigenvalue weighted by atomic mass is 9.93. The molecular formula is C21H25N5O3S2. The van der Waals surface area contributed by atoms with Crippen LogP contribution < -0.4 is 0 Å². The maximum absolute atomic E-state index is 13.3. The van der Waals surface area contributed by atoms with Gasteiger partial charge in [0.2, 0.25) is 10.1 Å². The number of imidazole rings is 1. The molecule has 2 fully saturated rings. The van der Waals surface area contributed by atoms with Crippen LogP contribution in [0.4, 0.5) is 0 Å². The Balaban J connectivity index is 1.28. The number of aromatic nitrogens is 3. The molecule has 0 aromatic carbocycles. The lowest BCUT2D eigenvalue weighted by Gasteiger charge is -2.38. The summed E-state index contributed by atoms with van der Waals surface area (Å²) in [5, 5.41) is 1.76. The summed E-state index contributed by atoms with van der Waals surface area (Å²) in [6.45, 7) is 2.04. The normalized spacial score (nSPS) is 24.9. The summed E-state index contributed by atoms with van der Waals surface area (Å²) in [5.41, 5.74) is 1.60. The average Bonchev–Trinajstić information content (AvgIpc) is 3.49. The number of nitrogens with one attached hydrogen (secondary N) is 1. The number of carbonyl (C=O) groups is 1. The molecule has 1 amide bonds. The predicted octanol–water partition coefficient (Wildman–Crippen LogP) is 3.04. The Bertz CT molecular complexity index is 1080. The Morgan fingerprint density at radius 2 is 2.06 bits per heavy atom. The van der Waals surface area contributed by atoms with Gasteiger partial charge in [0.05, 0.1) is 18.0 Å². The number of likely N-dealkylation sites (tertiary alicyclic amines) is 1. The Kier molecular flexibility index (Phi) is 5.63. The summed E-state index contributed by atoms with van der Waals surface area (Å²) in [7, 11) is -3.53. The van der Waals surface area contributed by atoms with Crippen molar-refractivity contribution in [2.45, 2.75) is 35.8 Å². The van der Waals surface area contributed by atoms with Gasteiger partial charge >= 0.3 is 0 Å². The van der Waals surface area contributed by atoms with Gasteiger partial charge in [-0.25, -0.2) is 9.97 Å². The topological polar surface area (TPSA) is 105 Å². The van der Waals surface area contributed by atoms with Crippen molar-refractivity contribution in [2.24, 2.45) is 5.92 Å². The molecule has 2 aliphatic heterocycles. The zero-order valence-electron chi connectivity index (χ0n) is 17.1. The molecule has 2 aliphatic rings. The van der Waals surface area contributed by atoms with Gasteiger partial charge in [0, 0.05) is 37.8 Å². The number of piperidine rings is 2. The summed E-state index contributed by atoms with van der Waals surface area (Å²) >= 11 is 1.22. The van der Waals surface area contributed by atoms with Crippen molar-refractivity contribution in [3.63, 3.8) is 0 Å². The highest BCUT2D eigenvalue weighted by Crippen LogP contribution is 2.32. The summed E-state index contributed by atoms with van der Waals surface area (Å²) in [4.78, 5) is 27.5. The van der Waals surface area contributed by atoms with Crippen LogP contribution in [-0.2, 0) is 19.4 Å². The Labute approximate surface area is 186 Å². The quantitative estimate of drug-likeness (QED) is 0.604. The summed E-state index contributed by atoms with van der Waals surface area (Å²) in [6.07, 6.45) is 5.03. The molecule has 0 saturated carbocycles. The summed E-state index contributed by atoms with van der Waals surface area (Å²) in [5.74, 6) is 0.780. The molecule has 0 radical (unpaired) electrons. The van der Waals surface area contributed by atoms with E-state index >= 15 is 0 Å². The van der Waals surface area contributed by atoms with Crippen molar-refractivity contribution in [3.8, 4) is 0 Å². The molecule has 3 atom stereocenters. The van der Waals surface area contributed by atoms with Crippen molar-refractivity contribution < 1.29 is 13.6 Å². The van der Waals surface area contributed by atoms with Crippen molar-refractivity contribution in [1.82, 2.24) is 24.2 Å². The first-order chi connectivity index (χ1) is 15.0. The Hall–Kier alpha value is -2.14. The van der Waals surface area contributed by atoms with Gasteiger partial charge in [-0.3, -0.25) is 4.79 Å². The van der Waals surface area contributed by atoms with E-state index in [0.717, 1.165) is 30.6 Å². The van der Waals surface area contributed by atoms with E-state index in [1.807, 2.05) is 17.0 Å². The number of thiophene rings is 1. The summed E-state index contributed by atoms with van der Waals surface area (Å²) in [6, 6.07) is 7.20. The average molecular weight is 460 g/mol. The maximum Gasteiger partial charge on any atom is 0.229 e. The van der Waals surface area contributed by atoms with E-state index in [1.54, 1.807) is 23.7 Å². The minimum absolute atomic E-state index is 0.0602. The highest BCUT2D eigenvalue weighted by atomic mass is 32.3. The third kappa shape index (κ3) is 4.05. The fourth-order valence-corrected chi connectivity index (χ4v) is 7.28. The highest BCUT2D eigenvalue weighted by molar-refractivity contribution is 7.97. The maximum atomic E-state index is 13.3. The van der Waals surface area contributed by atoms with Gasteiger partial charge in [-0.1, -0.05) is 15.5 Å². The van der Waals surface area contributed by atoms with Crippen molar-refractivity contribution >= 4 is 38.8 Å². The molecule has 3 unspecified atom stereocenters. The molecule has 5 heterocycles. The van der Waals surface area contributed by atoms with Gasteiger partial charge in [-0.15, -0.1) is 4.31 Å². The minimum atomic E-state index is -3.53. The molecule has 8 nitrogen and oxygen atoms in total. The second-order valence-corrected chi connectivity index (χ2v) is 11.4. The largest absolute Gasteiger partial charge is 0.592 e. The van der Waals surface area contributed by atoms with Crippen LogP contribution in [0.3, 0.4) is 0 Å². The van der Waals surface area contributed by atoms with Crippen LogP contribution in [-0.4, -0.2) is 60.8 Å². The number of hydrogen-bond donors (Lipinski definition) is 1. The first-order valence-electron chi connectivity index (χ1n) is 10.7. The molecule has 0 bridgehead atoms. The van der Waals surface area contributed by atoms with Gasteiger partial charge in [0.25, 0.3) is 0 Å². The molecule has 3 aromatic heterocycles. The number of hydrogen-bond acceptors (Lipinski definition) is 6. The summed E-state index contributed by atoms with van der Waals surface area (Å²) < 4.78 is 27.6. The molecule has 10 heteroatoms.